The second-order valence-electron chi connectivity index (χ2n) is 12.3. The lowest BCUT2D eigenvalue weighted by atomic mass is 9.43. The Balaban J connectivity index is 1.51. The summed E-state index contributed by atoms with van der Waals surface area (Å²) in [6.45, 7) is 16.6. The molecule has 150 valence electrons. The van der Waals surface area contributed by atoms with Crippen molar-refractivity contribution in [2.75, 3.05) is 19.6 Å². The number of hydrogen-bond acceptors (Lipinski definition) is 1. The molecule has 2 bridgehead atoms. The molecule has 3 saturated carbocycles. The van der Waals surface area contributed by atoms with Gasteiger partial charge in [-0.15, -0.1) is 0 Å². The molecule has 2 atom stereocenters. The number of piperidine rings is 1. The highest BCUT2D eigenvalue weighted by Crippen LogP contribution is 2.64. The zero-order valence-electron chi connectivity index (χ0n) is 18.5. The van der Waals surface area contributed by atoms with Gasteiger partial charge >= 0.3 is 0 Å². The number of hydrogen-bond donors (Lipinski definition) is 0. The smallest absolute Gasteiger partial charge is 0.00359 e. The van der Waals surface area contributed by atoms with Crippen LogP contribution in [0.2, 0.25) is 0 Å². The van der Waals surface area contributed by atoms with Crippen LogP contribution in [-0.4, -0.2) is 24.5 Å². The fourth-order valence-electron chi connectivity index (χ4n) is 7.99. The lowest BCUT2D eigenvalue weighted by molar-refractivity contribution is -0.0635. The third-order valence-electron chi connectivity index (χ3n) is 7.94. The van der Waals surface area contributed by atoms with Gasteiger partial charge in [-0.1, -0.05) is 65.0 Å². The number of likely N-dealkylation sites (tertiary alicyclic amines) is 1. The third-order valence-corrected chi connectivity index (χ3v) is 7.94. The van der Waals surface area contributed by atoms with Crippen molar-refractivity contribution in [2.45, 2.75) is 85.0 Å². The normalized spacial score (nSPS) is 42.0. The van der Waals surface area contributed by atoms with Gasteiger partial charge in [0.1, 0.15) is 0 Å². The summed E-state index contributed by atoms with van der Waals surface area (Å²) in [6.07, 6.45) is 9.77. The lowest BCUT2D eigenvalue weighted by Crippen LogP contribution is -2.55. The van der Waals surface area contributed by atoms with E-state index < -0.39 is 0 Å². The van der Waals surface area contributed by atoms with E-state index in [2.05, 4.69) is 69.9 Å². The van der Waals surface area contributed by atoms with Gasteiger partial charge < -0.3 is 4.90 Å². The van der Waals surface area contributed by atoms with Crippen molar-refractivity contribution in [3.05, 3.63) is 35.9 Å². The van der Waals surface area contributed by atoms with Gasteiger partial charge in [-0.3, -0.25) is 0 Å². The zero-order chi connectivity index (χ0) is 19.3. The average molecular weight is 368 g/mol. The number of rotatable bonds is 3. The predicted octanol–water partition coefficient (Wildman–Crippen LogP) is 6.67. The first-order chi connectivity index (χ1) is 12.6. The third kappa shape index (κ3) is 4.00. The highest BCUT2D eigenvalue weighted by Gasteiger charge is 2.56. The van der Waals surface area contributed by atoms with Crippen LogP contribution in [0.3, 0.4) is 0 Å². The maximum Gasteiger partial charge on any atom is 0.00359 e. The number of nitrogens with zero attached hydrogens (tertiary/aromatic N) is 1. The van der Waals surface area contributed by atoms with Gasteiger partial charge in [-0.25, -0.2) is 0 Å². The van der Waals surface area contributed by atoms with Crippen LogP contribution in [0.15, 0.2) is 30.3 Å². The van der Waals surface area contributed by atoms with E-state index in [0.717, 1.165) is 5.92 Å². The Kier molecular flexibility index (Phi) is 4.78. The summed E-state index contributed by atoms with van der Waals surface area (Å²) in [5, 5.41) is 0. The first-order valence-corrected chi connectivity index (χ1v) is 11.4. The Hall–Kier alpha value is -0.820. The first-order valence-electron chi connectivity index (χ1n) is 11.4. The maximum atomic E-state index is 2.81. The van der Waals surface area contributed by atoms with Crippen LogP contribution in [0.5, 0.6) is 0 Å². The van der Waals surface area contributed by atoms with Crippen LogP contribution in [0.1, 0.15) is 85.1 Å². The van der Waals surface area contributed by atoms with Crippen molar-refractivity contribution < 1.29 is 0 Å². The summed E-state index contributed by atoms with van der Waals surface area (Å²) in [5.74, 6) is 0.817. The summed E-state index contributed by atoms with van der Waals surface area (Å²) in [6, 6.07) is 11.4. The first kappa shape index (κ1) is 19.5. The zero-order valence-corrected chi connectivity index (χ0v) is 18.5. The molecule has 0 radical (unpaired) electrons. The van der Waals surface area contributed by atoms with Gasteiger partial charge in [0.25, 0.3) is 0 Å². The fraction of sp³-hybridized carbons (Fsp3) is 0.769. The topological polar surface area (TPSA) is 3.24 Å². The molecule has 3 aliphatic carbocycles. The fourth-order valence-corrected chi connectivity index (χ4v) is 7.99. The molecule has 0 aromatic heterocycles. The molecular formula is C26H41N. The van der Waals surface area contributed by atoms with Crippen LogP contribution < -0.4 is 0 Å². The number of benzene rings is 1. The molecule has 1 aromatic carbocycles. The Morgan fingerprint density at radius 3 is 2.33 bits per heavy atom. The molecule has 1 heterocycles. The predicted molar refractivity (Wildman–Crippen MR) is 116 cm³/mol. The monoisotopic (exact) mass is 367 g/mol. The quantitative estimate of drug-likeness (QED) is 0.576. The molecule has 2 unspecified atom stereocenters. The SMILES string of the molecule is CC1CC(C)(CN2CCCC(C)(C)C2)C[C@]2(C)C[C@@](c3ccccc3)(C1)C2. The van der Waals surface area contributed by atoms with Crippen molar-refractivity contribution >= 4 is 0 Å². The number of fused-ring (bicyclic) bond motifs is 4. The Labute approximate surface area is 167 Å². The van der Waals surface area contributed by atoms with E-state index in [1.165, 1.54) is 64.6 Å². The molecule has 27 heavy (non-hydrogen) atoms. The van der Waals surface area contributed by atoms with E-state index in [-0.39, 0.29) is 0 Å². The molecule has 0 N–H and O–H groups in total. The summed E-state index contributed by atoms with van der Waals surface area (Å²) >= 11 is 0. The second-order valence-corrected chi connectivity index (χ2v) is 12.3. The van der Waals surface area contributed by atoms with E-state index in [4.69, 9.17) is 0 Å². The average Bonchev–Trinajstić information content (AvgIpc) is 2.51. The molecular weight excluding hydrogens is 326 g/mol. The lowest BCUT2D eigenvalue weighted by Gasteiger charge is -2.61. The molecule has 5 rings (SSSR count). The molecule has 0 spiro atoms. The highest BCUT2D eigenvalue weighted by molar-refractivity contribution is 5.31. The largest absolute Gasteiger partial charge is 0.302 e. The minimum Gasteiger partial charge on any atom is -0.302 e. The van der Waals surface area contributed by atoms with Crippen LogP contribution in [0.25, 0.3) is 0 Å². The van der Waals surface area contributed by atoms with Crippen molar-refractivity contribution in [3.63, 3.8) is 0 Å². The van der Waals surface area contributed by atoms with Crippen LogP contribution in [-0.2, 0) is 5.41 Å². The second kappa shape index (κ2) is 6.61. The molecule has 4 aliphatic rings. The molecule has 1 nitrogen and oxygen atoms in total. The van der Waals surface area contributed by atoms with Crippen molar-refractivity contribution in [2.24, 2.45) is 22.2 Å². The minimum absolute atomic E-state index is 0.462. The van der Waals surface area contributed by atoms with E-state index in [9.17, 15) is 0 Å². The molecule has 4 fully saturated rings. The standard InChI is InChI=1S/C26H41N/c1-21-14-24(4,20-27-13-9-12-23(2,3)19-27)16-25(5)17-26(15-21,18-25)22-10-7-6-8-11-22/h6-8,10-11,21H,9,12-20H2,1-5H3/t21?,24?,25-,26+. The Bertz CT molecular complexity index is 649. The van der Waals surface area contributed by atoms with E-state index in [1.54, 1.807) is 5.56 Å². The molecule has 1 aliphatic heterocycles. The summed E-state index contributed by atoms with van der Waals surface area (Å²) < 4.78 is 0. The van der Waals surface area contributed by atoms with Crippen LogP contribution >= 0.6 is 0 Å². The maximum absolute atomic E-state index is 2.81. The van der Waals surface area contributed by atoms with E-state index in [1.807, 2.05) is 0 Å². The van der Waals surface area contributed by atoms with Crippen molar-refractivity contribution in [3.8, 4) is 0 Å². The van der Waals surface area contributed by atoms with Gasteiger partial charge in [0, 0.05) is 13.1 Å². The summed E-state index contributed by atoms with van der Waals surface area (Å²) in [7, 11) is 0. The molecule has 1 saturated heterocycles. The molecule has 1 aromatic rings. The molecule has 1 heteroatoms. The minimum atomic E-state index is 0.462. The van der Waals surface area contributed by atoms with E-state index >= 15 is 0 Å². The highest BCUT2D eigenvalue weighted by atomic mass is 15.1. The van der Waals surface area contributed by atoms with Gasteiger partial charge in [0.15, 0.2) is 0 Å². The van der Waals surface area contributed by atoms with Gasteiger partial charge in [0.2, 0.25) is 0 Å². The van der Waals surface area contributed by atoms with E-state index in [0.29, 0.717) is 21.7 Å². The van der Waals surface area contributed by atoms with Crippen molar-refractivity contribution in [1.82, 2.24) is 4.90 Å². The Morgan fingerprint density at radius 2 is 1.67 bits per heavy atom. The summed E-state index contributed by atoms with van der Waals surface area (Å²) in [5.41, 5.74) is 3.59. The van der Waals surface area contributed by atoms with Crippen LogP contribution in [0, 0.1) is 22.2 Å². The van der Waals surface area contributed by atoms with Gasteiger partial charge in [-0.05, 0) is 84.6 Å². The van der Waals surface area contributed by atoms with Gasteiger partial charge in [-0.2, -0.15) is 0 Å². The van der Waals surface area contributed by atoms with Gasteiger partial charge in [0.05, 0.1) is 0 Å². The van der Waals surface area contributed by atoms with Crippen molar-refractivity contribution in [1.29, 1.82) is 0 Å². The van der Waals surface area contributed by atoms with Crippen LogP contribution in [0.4, 0.5) is 0 Å². The summed E-state index contributed by atoms with van der Waals surface area (Å²) in [4.78, 5) is 2.81. The molecule has 0 amide bonds. The Morgan fingerprint density at radius 1 is 0.963 bits per heavy atom.